The average molecular weight is 286 g/mol. The number of hydrogen-bond acceptors (Lipinski definition) is 2. The van der Waals surface area contributed by atoms with Crippen molar-refractivity contribution in [3.05, 3.63) is 59.7 Å². The second-order valence-electron chi connectivity index (χ2n) is 4.28. The molecule has 0 bridgehead atoms. The van der Waals surface area contributed by atoms with E-state index in [1.807, 2.05) is 37.3 Å². The van der Waals surface area contributed by atoms with Crippen LogP contribution in [-0.4, -0.2) is 16.2 Å². The molecule has 0 saturated heterocycles. The second kappa shape index (κ2) is 6.16. The zero-order valence-corrected chi connectivity index (χ0v) is 11.7. The number of thiocarbonyl (C=S) groups is 1. The van der Waals surface area contributed by atoms with Gasteiger partial charge in [0.25, 0.3) is 0 Å². The van der Waals surface area contributed by atoms with Gasteiger partial charge in [-0.15, -0.1) is 0 Å². The summed E-state index contributed by atoms with van der Waals surface area (Å²) in [5.41, 5.74) is 2.70. The van der Waals surface area contributed by atoms with Crippen LogP contribution >= 0.6 is 12.2 Å². The molecule has 0 heterocycles. The summed E-state index contributed by atoms with van der Waals surface area (Å²) in [6.45, 7) is 1.89. The highest BCUT2D eigenvalue weighted by Gasteiger charge is 2.07. The largest absolute Gasteiger partial charge is 0.478 e. The SMILES string of the molecule is Cc1ccc(C(=O)O)cc1NC(=S)Nc1ccccc1. The van der Waals surface area contributed by atoms with E-state index in [0.717, 1.165) is 11.3 Å². The van der Waals surface area contributed by atoms with Crippen molar-refractivity contribution in [3.63, 3.8) is 0 Å². The van der Waals surface area contributed by atoms with Gasteiger partial charge in [0.1, 0.15) is 0 Å². The number of carbonyl (C=O) groups is 1. The number of para-hydroxylation sites is 1. The van der Waals surface area contributed by atoms with E-state index in [-0.39, 0.29) is 5.56 Å². The molecule has 0 aromatic heterocycles. The molecule has 0 aliphatic rings. The summed E-state index contributed by atoms with van der Waals surface area (Å²) >= 11 is 5.22. The van der Waals surface area contributed by atoms with E-state index in [0.29, 0.717) is 10.8 Å². The van der Waals surface area contributed by atoms with E-state index in [2.05, 4.69) is 10.6 Å². The fraction of sp³-hybridized carbons (Fsp3) is 0.0667. The first kappa shape index (κ1) is 14.0. The van der Waals surface area contributed by atoms with Crippen molar-refractivity contribution >= 4 is 34.7 Å². The van der Waals surface area contributed by atoms with Gasteiger partial charge in [0.2, 0.25) is 0 Å². The predicted molar refractivity (Wildman–Crippen MR) is 84.4 cm³/mol. The number of carboxylic acids is 1. The maximum absolute atomic E-state index is 11.0. The molecule has 0 aliphatic heterocycles. The van der Waals surface area contributed by atoms with Gasteiger partial charge in [0, 0.05) is 11.4 Å². The molecule has 5 heteroatoms. The van der Waals surface area contributed by atoms with Crippen LogP contribution in [0.5, 0.6) is 0 Å². The van der Waals surface area contributed by atoms with Gasteiger partial charge in [0.15, 0.2) is 5.11 Å². The van der Waals surface area contributed by atoms with E-state index in [1.165, 1.54) is 0 Å². The molecule has 2 aromatic rings. The normalized spacial score (nSPS) is 9.85. The van der Waals surface area contributed by atoms with Crippen LogP contribution in [0.15, 0.2) is 48.5 Å². The minimum absolute atomic E-state index is 0.223. The zero-order valence-electron chi connectivity index (χ0n) is 10.9. The Labute approximate surface area is 122 Å². The van der Waals surface area contributed by atoms with Crippen LogP contribution in [0.1, 0.15) is 15.9 Å². The summed E-state index contributed by atoms with van der Waals surface area (Å²) in [6.07, 6.45) is 0. The van der Waals surface area contributed by atoms with E-state index in [1.54, 1.807) is 18.2 Å². The predicted octanol–water partition coefficient (Wildman–Crippen LogP) is 3.50. The first-order chi connectivity index (χ1) is 9.56. The third-order valence-electron chi connectivity index (χ3n) is 2.76. The van der Waals surface area contributed by atoms with Gasteiger partial charge in [-0.3, -0.25) is 0 Å². The monoisotopic (exact) mass is 286 g/mol. The molecule has 20 heavy (non-hydrogen) atoms. The Kier molecular flexibility index (Phi) is 4.32. The zero-order chi connectivity index (χ0) is 14.5. The summed E-state index contributed by atoms with van der Waals surface area (Å²) in [5.74, 6) is -0.963. The number of hydrogen-bond donors (Lipinski definition) is 3. The van der Waals surface area contributed by atoms with Crippen molar-refractivity contribution in [2.45, 2.75) is 6.92 Å². The summed E-state index contributed by atoms with van der Waals surface area (Å²) in [5, 5.41) is 15.5. The average Bonchev–Trinajstić information content (AvgIpc) is 2.42. The molecule has 0 radical (unpaired) electrons. The summed E-state index contributed by atoms with van der Waals surface area (Å²) in [4.78, 5) is 11.0. The van der Waals surface area contributed by atoms with E-state index in [4.69, 9.17) is 17.3 Å². The Bertz CT molecular complexity index is 642. The molecule has 0 unspecified atom stereocenters. The summed E-state index contributed by atoms with van der Waals surface area (Å²) < 4.78 is 0. The molecule has 4 nitrogen and oxygen atoms in total. The number of anilines is 2. The minimum atomic E-state index is -0.963. The van der Waals surface area contributed by atoms with Crippen molar-refractivity contribution in [1.29, 1.82) is 0 Å². The van der Waals surface area contributed by atoms with Crippen LogP contribution in [0.2, 0.25) is 0 Å². The fourth-order valence-electron chi connectivity index (χ4n) is 1.70. The maximum Gasteiger partial charge on any atom is 0.335 e. The van der Waals surface area contributed by atoms with Crippen LogP contribution in [0.25, 0.3) is 0 Å². The summed E-state index contributed by atoms with van der Waals surface area (Å²) in [7, 11) is 0. The van der Waals surface area contributed by atoms with Crippen molar-refractivity contribution in [2.75, 3.05) is 10.6 Å². The molecule has 0 fully saturated rings. The number of rotatable bonds is 3. The van der Waals surface area contributed by atoms with Gasteiger partial charge in [-0.2, -0.15) is 0 Å². The third kappa shape index (κ3) is 3.55. The number of benzene rings is 2. The Balaban J connectivity index is 2.11. The lowest BCUT2D eigenvalue weighted by Gasteiger charge is -2.13. The molecule has 0 spiro atoms. The first-order valence-electron chi connectivity index (χ1n) is 6.03. The van der Waals surface area contributed by atoms with E-state index < -0.39 is 5.97 Å². The highest BCUT2D eigenvalue weighted by Crippen LogP contribution is 2.17. The molecule has 2 aromatic carbocycles. The quantitative estimate of drug-likeness (QED) is 0.754. The minimum Gasteiger partial charge on any atom is -0.478 e. The van der Waals surface area contributed by atoms with Crippen molar-refractivity contribution in [2.24, 2.45) is 0 Å². The van der Waals surface area contributed by atoms with Crippen LogP contribution in [0, 0.1) is 6.92 Å². The Morgan fingerprint density at radius 2 is 1.80 bits per heavy atom. The lowest BCUT2D eigenvalue weighted by atomic mass is 10.1. The smallest absolute Gasteiger partial charge is 0.335 e. The molecular formula is C15H14N2O2S. The highest BCUT2D eigenvalue weighted by atomic mass is 32.1. The first-order valence-corrected chi connectivity index (χ1v) is 6.44. The molecule has 0 amide bonds. The molecular weight excluding hydrogens is 272 g/mol. The number of carboxylic acid groups (broad SMARTS) is 1. The van der Waals surface area contributed by atoms with Crippen LogP contribution in [0.3, 0.4) is 0 Å². The fourth-order valence-corrected chi connectivity index (χ4v) is 1.92. The standard InChI is InChI=1S/C15H14N2O2S/c1-10-7-8-11(14(18)19)9-13(10)17-15(20)16-12-5-3-2-4-6-12/h2-9H,1H3,(H,18,19)(H2,16,17,20). The molecule has 3 N–H and O–H groups in total. The Morgan fingerprint density at radius 1 is 1.10 bits per heavy atom. The van der Waals surface area contributed by atoms with Crippen LogP contribution in [-0.2, 0) is 0 Å². The van der Waals surface area contributed by atoms with Crippen LogP contribution in [0.4, 0.5) is 11.4 Å². The van der Waals surface area contributed by atoms with Gasteiger partial charge < -0.3 is 15.7 Å². The topological polar surface area (TPSA) is 61.4 Å². The lowest BCUT2D eigenvalue weighted by molar-refractivity contribution is 0.0697. The Hall–Kier alpha value is -2.40. The van der Waals surface area contributed by atoms with Crippen LogP contribution < -0.4 is 10.6 Å². The molecule has 2 rings (SSSR count). The van der Waals surface area contributed by atoms with Gasteiger partial charge in [-0.05, 0) is 49.0 Å². The Morgan fingerprint density at radius 3 is 2.45 bits per heavy atom. The number of aryl methyl sites for hydroxylation is 1. The lowest BCUT2D eigenvalue weighted by Crippen LogP contribution is -2.19. The molecule has 0 atom stereocenters. The number of aromatic carboxylic acids is 1. The summed E-state index contributed by atoms with van der Waals surface area (Å²) in [6, 6.07) is 14.4. The number of nitrogens with one attached hydrogen (secondary N) is 2. The molecule has 0 aliphatic carbocycles. The van der Waals surface area contributed by atoms with Gasteiger partial charge >= 0.3 is 5.97 Å². The molecule has 102 valence electrons. The van der Waals surface area contributed by atoms with E-state index in [9.17, 15) is 4.79 Å². The highest BCUT2D eigenvalue weighted by molar-refractivity contribution is 7.80. The molecule has 0 saturated carbocycles. The van der Waals surface area contributed by atoms with E-state index >= 15 is 0 Å². The third-order valence-corrected chi connectivity index (χ3v) is 2.97. The van der Waals surface area contributed by atoms with Crippen molar-refractivity contribution in [3.8, 4) is 0 Å². The van der Waals surface area contributed by atoms with Gasteiger partial charge in [0.05, 0.1) is 5.56 Å². The van der Waals surface area contributed by atoms with Crippen molar-refractivity contribution in [1.82, 2.24) is 0 Å². The van der Waals surface area contributed by atoms with Crippen molar-refractivity contribution < 1.29 is 9.90 Å². The second-order valence-corrected chi connectivity index (χ2v) is 4.69. The van der Waals surface area contributed by atoms with Gasteiger partial charge in [-0.25, -0.2) is 4.79 Å². The van der Waals surface area contributed by atoms with Gasteiger partial charge in [-0.1, -0.05) is 24.3 Å². The maximum atomic E-state index is 11.0.